The van der Waals surface area contributed by atoms with Crippen molar-refractivity contribution in [3.05, 3.63) is 88.1 Å². The average Bonchev–Trinajstić information content (AvgIpc) is 3.30. The number of nitrogens with one attached hydrogen (secondary N) is 1. The Hall–Kier alpha value is -2.72. The lowest BCUT2D eigenvalue weighted by Gasteiger charge is -2.10. The molecule has 0 aliphatic heterocycles. The summed E-state index contributed by atoms with van der Waals surface area (Å²) in [5.74, 6) is 1.92. The fourth-order valence-electron chi connectivity index (χ4n) is 4.00. The van der Waals surface area contributed by atoms with Gasteiger partial charge in [0.1, 0.15) is 16.5 Å². The monoisotopic (exact) mass is 385 g/mol. The molecule has 1 aliphatic rings. The zero-order valence-electron chi connectivity index (χ0n) is 15.8. The van der Waals surface area contributed by atoms with E-state index < -0.39 is 0 Å². The SMILES string of the molecule is c1ccc(CCNc2nc(Cc3ccccc3)nc3sc4c(c23)CCC4)cc1. The van der Waals surface area contributed by atoms with Gasteiger partial charge < -0.3 is 5.32 Å². The summed E-state index contributed by atoms with van der Waals surface area (Å²) in [7, 11) is 0. The molecule has 0 saturated heterocycles. The van der Waals surface area contributed by atoms with Crippen molar-refractivity contribution in [1.82, 2.24) is 9.97 Å². The van der Waals surface area contributed by atoms with Crippen LogP contribution in [0.5, 0.6) is 0 Å². The van der Waals surface area contributed by atoms with Gasteiger partial charge in [0, 0.05) is 17.8 Å². The average molecular weight is 386 g/mol. The van der Waals surface area contributed by atoms with Crippen LogP contribution in [0.3, 0.4) is 0 Å². The lowest BCUT2D eigenvalue weighted by Crippen LogP contribution is -2.09. The highest BCUT2D eigenvalue weighted by Crippen LogP contribution is 2.39. The van der Waals surface area contributed by atoms with Gasteiger partial charge in [-0.05, 0) is 42.4 Å². The number of hydrogen-bond acceptors (Lipinski definition) is 4. The first-order valence-electron chi connectivity index (χ1n) is 10.00. The van der Waals surface area contributed by atoms with E-state index in [1.54, 1.807) is 0 Å². The molecule has 0 unspecified atom stereocenters. The van der Waals surface area contributed by atoms with Crippen molar-refractivity contribution >= 4 is 27.4 Å². The summed E-state index contributed by atoms with van der Waals surface area (Å²) >= 11 is 1.86. The van der Waals surface area contributed by atoms with Crippen molar-refractivity contribution < 1.29 is 0 Å². The van der Waals surface area contributed by atoms with E-state index in [-0.39, 0.29) is 0 Å². The van der Waals surface area contributed by atoms with Gasteiger partial charge in [-0.25, -0.2) is 9.97 Å². The molecule has 2 aromatic heterocycles. The summed E-state index contributed by atoms with van der Waals surface area (Å²) in [6.07, 6.45) is 5.36. The molecule has 0 bridgehead atoms. The molecular formula is C24H23N3S. The second kappa shape index (κ2) is 7.72. The van der Waals surface area contributed by atoms with Crippen LogP contribution in [0.15, 0.2) is 60.7 Å². The van der Waals surface area contributed by atoms with Crippen molar-refractivity contribution in [2.24, 2.45) is 0 Å². The Morgan fingerprint density at radius 3 is 2.39 bits per heavy atom. The molecule has 2 heterocycles. The van der Waals surface area contributed by atoms with E-state index in [0.717, 1.165) is 42.3 Å². The number of aromatic nitrogens is 2. The van der Waals surface area contributed by atoms with Crippen LogP contribution in [0.2, 0.25) is 0 Å². The van der Waals surface area contributed by atoms with E-state index in [1.807, 2.05) is 17.4 Å². The Balaban J connectivity index is 1.46. The van der Waals surface area contributed by atoms with E-state index in [0.29, 0.717) is 0 Å². The highest BCUT2D eigenvalue weighted by molar-refractivity contribution is 7.19. The van der Waals surface area contributed by atoms with Gasteiger partial charge in [-0.15, -0.1) is 11.3 Å². The van der Waals surface area contributed by atoms with Crippen molar-refractivity contribution in [3.8, 4) is 0 Å². The van der Waals surface area contributed by atoms with Crippen LogP contribution in [0.1, 0.15) is 33.8 Å². The third-order valence-electron chi connectivity index (χ3n) is 5.36. The van der Waals surface area contributed by atoms with E-state index >= 15 is 0 Å². The number of nitrogens with zero attached hydrogens (tertiary/aromatic N) is 2. The van der Waals surface area contributed by atoms with Crippen LogP contribution in [0.25, 0.3) is 10.2 Å². The van der Waals surface area contributed by atoms with E-state index in [9.17, 15) is 0 Å². The van der Waals surface area contributed by atoms with E-state index in [4.69, 9.17) is 9.97 Å². The number of rotatable bonds is 6. The predicted octanol–water partition coefficient (Wildman–Crippen LogP) is 5.43. The van der Waals surface area contributed by atoms with Crippen LogP contribution in [0.4, 0.5) is 5.82 Å². The Kier molecular flexibility index (Phi) is 4.79. The van der Waals surface area contributed by atoms with Crippen molar-refractivity contribution in [3.63, 3.8) is 0 Å². The molecule has 4 aromatic rings. The van der Waals surface area contributed by atoms with Crippen molar-refractivity contribution in [2.45, 2.75) is 32.1 Å². The minimum atomic E-state index is 0.771. The third kappa shape index (κ3) is 3.52. The lowest BCUT2D eigenvalue weighted by atomic mass is 10.1. The number of hydrogen-bond donors (Lipinski definition) is 1. The van der Waals surface area contributed by atoms with Gasteiger partial charge >= 0.3 is 0 Å². The van der Waals surface area contributed by atoms with Gasteiger partial charge in [-0.3, -0.25) is 0 Å². The van der Waals surface area contributed by atoms with Crippen molar-refractivity contribution in [2.75, 3.05) is 11.9 Å². The number of fused-ring (bicyclic) bond motifs is 3. The first kappa shape index (κ1) is 17.4. The number of aryl methyl sites for hydroxylation is 2. The zero-order chi connectivity index (χ0) is 18.8. The van der Waals surface area contributed by atoms with Crippen LogP contribution in [0, 0.1) is 0 Å². The second-order valence-corrected chi connectivity index (χ2v) is 8.43. The maximum Gasteiger partial charge on any atom is 0.138 e. The molecule has 0 radical (unpaired) electrons. The molecule has 3 nitrogen and oxygen atoms in total. The van der Waals surface area contributed by atoms with Gasteiger partial charge in [0.05, 0.1) is 5.39 Å². The summed E-state index contributed by atoms with van der Waals surface area (Å²) < 4.78 is 0. The highest BCUT2D eigenvalue weighted by atomic mass is 32.1. The highest BCUT2D eigenvalue weighted by Gasteiger charge is 2.22. The smallest absolute Gasteiger partial charge is 0.138 e. The quantitative estimate of drug-likeness (QED) is 0.481. The molecule has 2 aromatic carbocycles. The zero-order valence-corrected chi connectivity index (χ0v) is 16.6. The van der Waals surface area contributed by atoms with Crippen LogP contribution < -0.4 is 5.32 Å². The number of benzene rings is 2. The molecule has 0 fully saturated rings. The second-order valence-electron chi connectivity index (χ2n) is 7.35. The summed E-state index contributed by atoms with van der Waals surface area (Å²) in [6, 6.07) is 21.1. The van der Waals surface area contributed by atoms with Crippen molar-refractivity contribution in [1.29, 1.82) is 0 Å². The Morgan fingerprint density at radius 1 is 0.857 bits per heavy atom. The largest absolute Gasteiger partial charge is 0.369 e. The normalized spacial score (nSPS) is 13.0. The first-order chi connectivity index (χ1) is 13.9. The standard InChI is InChI=1S/C24H23N3S/c1-3-8-17(9-4-1)14-15-25-23-22-19-12-7-13-20(19)28-24(22)27-21(26-23)16-18-10-5-2-6-11-18/h1-6,8-11H,7,12-16H2,(H,25,26,27). The van der Waals surface area contributed by atoms with Gasteiger partial charge in [-0.2, -0.15) is 0 Å². The predicted molar refractivity (Wildman–Crippen MR) is 117 cm³/mol. The lowest BCUT2D eigenvalue weighted by molar-refractivity contribution is 0.915. The van der Waals surface area contributed by atoms with Crippen LogP contribution in [-0.4, -0.2) is 16.5 Å². The summed E-state index contributed by atoms with van der Waals surface area (Å²) in [6.45, 7) is 0.880. The van der Waals surface area contributed by atoms with E-state index in [2.05, 4.69) is 59.9 Å². The fraction of sp³-hybridized carbons (Fsp3) is 0.250. The third-order valence-corrected chi connectivity index (χ3v) is 6.55. The summed E-state index contributed by atoms with van der Waals surface area (Å²) in [4.78, 5) is 12.5. The molecule has 0 amide bonds. The molecular weight excluding hydrogens is 362 g/mol. The molecule has 0 saturated carbocycles. The van der Waals surface area contributed by atoms with Gasteiger partial charge in [0.2, 0.25) is 0 Å². The first-order valence-corrected chi connectivity index (χ1v) is 10.8. The molecule has 0 spiro atoms. The van der Waals surface area contributed by atoms with Crippen LogP contribution >= 0.6 is 11.3 Å². The van der Waals surface area contributed by atoms with E-state index in [1.165, 1.54) is 39.8 Å². The minimum absolute atomic E-state index is 0.771. The Bertz CT molecular complexity index is 1090. The maximum atomic E-state index is 4.96. The number of thiophene rings is 1. The maximum absolute atomic E-state index is 4.96. The minimum Gasteiger partial charge on any atom is -0.369 e. The molecule has 5 rings (SSSR count). The molecule has 28 heavy (non-hydrogen) atoms. The summed E-state index contributed by atoms with van der Waals surface area (Å²) in [5, 5.41) is 4.90. The topological polar surface area (TPSA) is 37.8 Å². The molecule has 0 atom stereocenters. The van der Waals surface area contributed by atoms with Gasteiger partial charge in [-0.1, -0.05) is 60.7 Å². The number of anilines is 1. The van der Waals surface area contributed by atoms with Crippen LogP contribution in [-0.2, 0) is 25.7 Å². The molecule has 1 aliphatic carbocycles. The molecule has 1 N–H and O–H groups in total. The fourth-order valence-corrected chi connectivity index (χ4v) is 5.28. The Morgan fingerprint density at radius 2 is 1.61 bits per heavy atom. The van der Waals surface area contributed by atoms with Gasteiger partial charge in [0.15, 0.2) is 0 Å². The van der Waals surface area contributed by atoms with Gasteiger partial charge in [0.25, 0.3) is 0 Å². The molecule has 140 valence electrons. The Labute approximate surface area is 169 Å². The summed E-state index contributed by atoms with van der Waals surface area (Å²) in [5.41, 5.74) is 4.08. The molecule has 4 heteroatoms.